The third-order valence-corrected chi connectivity index (χ3v) is 4.63. The maximum Gasteiger partial charge on any atom is 0.0959 e. The molecule has 0 atom stereocenters. The Labute approximate surface area is 164 Å². The molecule has 0 amide bonds. The largest absolute Gasteiger partial charge is 0.380 e. The average Bonchev–Trinajstić information content (AvgIpc) is 2.54. The first-order valence-electron chi connectivity index (χ1n) is 7.71. The molecule has 0 bridgehead atoms. The first kappa shape index (κ1) is 19.6. The number of para-hydroxylation sites is 1. The minimum Gasteiger partial charge on any atom is -0.380 e. The maximum absolute atomic E-state index is 6.10. The minimum absolute atomic E-state index is 0. The van der Waals surface area contributed by atoms with Gasteiger partial charge >= 0.3 is 0 Å². The standard InChI is InChI=1S/C19H19Cl2N3.ClH/c1-12-9-17(22-11-13-7-8-15(20)16(21)10-13)14-5-4-6-18(24(2)3)19(14)23-12;/h4-10H,11H2,1-3H3,(H,22,23);1H. The highest BCUT2D eigenvalue weighted by molar-refractivity contribution is 6.42. The molecule has 0 aliphatic heterocycles. The molecule has 0 radical (unpaired) electrons. The number of rotatable bonds is 4. The summed E-state index contributed by atoms with van der Waals surface area (Å²) in [6, 6.07) is 14.0. The Balaban J connectivity index is 0.00000225. The van der Waals surface area contributed by atoms with Gasteiger partial charge < -0.3 is 10.2 Å². The van der Waals surface area contributed by atoms with E-state index in [9.17, 15) is 0 Å². The van der Waals surface area contributed by atoms with Crippen LogP contribution in [0.25, 0.3) is 10.9 Å². The monoisotopic (exact) mass is 395 g/mol. The highest BCUT2D eigenvalue weighted by Gasteiger charge is 2.09. The van der Waals surface area contributed by atoms with Crippen LogP contribution in [0, 0.1) is 6.92 Å². The lowest BCUT2D eigenvalue weighted by Crippen LogP contribution is -2.10. The number of fused-ring (bicyclic) bond motifs is 1. The van der Waals surface area contributed by atoms with Gasteiger partial charge in [0, 0.05) is 37.4 Å². The molecule has 3 rings (SSSR count). The predicted octanol–water partition coefficient (Wildman–Crippen LogP) is 5.95. The Morgan fingerprint density at radius 2 is 1.80 bits per heavy atom. The van der Waals surface area contributed by atoms with E-state index in [1.165, 1.54) is 0 Å². The van der Waals surface area contributed by atoms with Gasteiger partial charge in [-0.15, -0.1) is 12.4 Å². The topological polar surface area (TPSA) is 28.2 Å². The normalized spacial score (nSPS) is 10.4. The number of benzene rings is 2. The highest BCUT2D eigenvalue weighted by atomic mass is 35.5. The van der Waals surface area contributed by atoms with E-state index in [1.54, 1.807) is 0 Å². The number of aromatic nitrogens is 1. The summed E-state index contributed by atoms with van der Waals surface area (Å²) < 4.78 is 0. The molecule has 0 spiro atoms. The molecule has 1 N–H and O–H groups in total. The van der Waals surface area contributed by atoms with E-state index in [2.05, 4.69) is 34.5 Å². The fraction of sp³-hybridized carbons (Fsp3) is 0.211. The van der Waals surface area contributed by atoms with Crippen molar-refractivity contribution in [2.45, 2.75) is 13.5 Å². The summed E-state index contributed by atoms with van der Waals surface area (Å²) in [5.74, 6) is 0. The summed E-state index contributed by atoms with van der Waals surface area (Å²) in [6.45, 7) is 2.68. The second-order valence-electron chi connectivity index (χ2n) is 5.98. The minimum atomic E-state index is 0. The first-order chi connectivity index (χ1) is 11.5. The zero-order chi connectivity index (χ0) is 17.3. The maximum atomic E-state index is 6.10. The highest BCUT2D eigenvalue weighted by Crippen LogP contribution is 2.30. The van der Waals surface area contributed by atoms with Crippen molar-refractivity contribution < 1.29 is 0 Å². The number of hydrogen-bond donors (Lipinski definition) is 1. The van der Waals surface area contributed by atoms with Crippen LogP contribution in [0.1, 0.15) is 11.3 Å². The number of halogens is 3. The van der Waals surface area contributed by atoms with Gasteiger partial charge in [0.1, 0.15) is 0 Å². The Kier molecular flexibility index (Phi) is 6.39. The smallest absolute Gasteiger partial charge is 0.0959 e. The number of anilines is 2. The summed E-state index contributed by atoms with van der Waals surface area (Å²) in [7, 11) is 4.06. The second-order valence-corrected chi connectivity index (χ2v) is 6.80. The quantitative estimate of drug-likeness (QED) is 0.590. The Morgan fingerprint density at radius 3 is 2.48 bits per heavy atom. The number of aryl methyl sites for hydroxylation is 1. The summed E-state index contributed by atoms with van der Waals surface area (Å²) >= 11 is 12.1. The van der Waals surface area contributed by atoms with Crippen LogP contribution in [-0.2, 0) is 6.54 Å². The second kappa shape index (κ2) is 8.13. The summed E-state index contributed by atoms with van der Waals surface area (Å²) in [5.41, 5.74) is 5.23. The van der Waals surface area contributed by atoms with Crippen LogP contribution in [0.2, 0.25) is 10.0 Å². The molecular weight excluding hydrogens is 377 g/mol. The van der Waals surface area contributed by atoms with Crippen molar-refractivity contribution in [1.29, 1.82) is 0 Å². The molecule has 0 saturated heterocycles. The predicted molar refractivity (Wildman–Crippen MR) is 112 cm³/mol. The van der Waals surface area contributed by atoms with Crippen LogP contribution < -0.4 is 10.2 Å². The van der Waals surface area contributed by atoms with E-state index in [-0.39, 0.29) is 12.4 Å². The van der Waals surface area contributed by atoms with Crippen molar-refractivity contribution in [3.8, 4) is 0 Å². The van der Waals surface area contributed by atoms with Crippen molar-refractivity contribution in [3.05, 3.63) is 63.8 Å². The van der Waals surface area contributed by atoms with Gasteiger partial charge in [0.25, 0.3) is 0 Å². The van der Waals surface area contributed by atoms with Gasteiger partial charge in [-0.1, -0.05) is 41.4 Å². The van der Waals surface area contributed by atoms with E-state index in [0.29, 0.717) is 16.6 Å². The lowest BCUT2D eigenvalue weighted by molar-refractivity contribution is 1.12. The summed E-state index contributed by atoms with van der Waals surface area (Å²) in [4.78, 5) is 6.80. The molecule has 6 heteroatoms. The number of nitrogens with zero attached hydrogens (tertiary/aromatic N) is 2. The van der Waals surface area contributed by atoms with Crippen molar-refractivity contribution in [3.63, 3.8) is 0 Å². The van der Waals surface area contributed by atoms with Crippen molar-refractivity contribution in [2.24, 2.45) is 0 Å². The van der Waals surface area contributed by atoms with Gasteiger partial charge in [0.15, 0.2) is 0 Å². The third-order valence-electron chi connectivity index (χ3n) is 3.90. The fourth-order valence-corrected chi connectivity index (χ4v) is 3.04. The Morgan fingerprint density at radius 1 is 1.04 bits per heavy atom. The first-order valence-corrected chi connectivity index (χ1v) is 8.47. The molecule has 2 aromatic carbocycles. The molecule has 132 valence electrons. The van der Waals surface area contributed by atoms with E-state index in [4.69, 9.17) is 28.2 Å². The molecule has 1 aromatic heterocycles. The van der Waals surface area contributed by atoms with Crippen molar-refractivity contribution in [2.75, 3.05) is 24.3 Å². The zero-order valence-electron chi connectivity index (χ0n) is 14.3. The zero-order valence-corrected chi connectivity index (χ0v) is 16.6. The van der Waals surface area contributed by atoms with E-state index in [0.717, 1.165) is 33.5 Å². The van der Waals surface area contributed by atoms with Crippen LogP contribution in [0.4, 0.5) is 11.4 Å². The van der Waals surface area contributed by atoms with Crippen LogP contribution >= 0.6 is 35.6 Å². The number of pyridine rings is 1. The van der Waals surface area contributed by atoms with Crippen LogP contribution in [0.15, 0.2) is 42.5 Å². The molecule has 3 aromatic rings. The van der Waals surface area contributed by atoms with Crippen LogP contribution in [0.3, 0.4) is 0 Å². The molecule has 1 heterocycles. The molecule has 25 heavy (non-hydrogen) atoms. The van der Waals surface area contributed by atoms with Gasteiger partial charge in [-0.3, -0.25) is 4.98 Å². The van der Waals surface area contributed by atoms with Crippen LogP contribution in [-0.4, -0.2) is 19.1 Å². The molecule has 0 fully saturated rings. The SMILES string of the molecule is Cc1cc(NCc2ccc(Cl)c(Cl)c2)c2cccc(N(C)C)c2n1.Cl. The third kappa shape index (κ3) is 4.30. The van der Waals surface area contributed by atoms with Gasteiger partial charge in [-0.25, -0.2) is 0 Å². The Hall–Kier alpha value is -1.68. The number of nitrogens with one attached hydrogen (secondary N) is 1. The van der Waals surface area contributed by atoms with Gasteiger partial charge in [0.2, 0.25) is 0 Å². The summed E-state index contributed by atoms with van der Waals surface area (Å²) in [6.07, 6.45) is 0. The fourth-order valence-electron chi connectivity index (χ4n) is 2.72. The average molecular weight is 397 g/mol. The van der Waals surface area contributed by atoms with E-state index in [1.807, 2.05) is 39.2 Å². The van der Waals surface area contributed by atoms with Gasteiger partial charge in [-0.05, 0) is 36.8 Å². The van der Waals surface area contributed by atoms with Crippen molar-refractivity contribution >= 4 is 57.9 Å². The molecule has 0 aliphatic carbocycles. The van der Waals surface area contributed by atoms with Crippen molar-refractivity contribution in [1.82, 2.24) is 4.98 Å². The van der Waals surface area contributed by atoms with E-state index >= 15 is 0 Å². The molecule has 0 saturated carbocycles. The van der Waals surface area contributed by atoms with Gasteiger partial charge in [0.05, 0.1) is 21.2 Å². The lowest BCUT2D eigenvalue weighted by atomic mass is 10.1. The molecular formula is C19H20Cl3N3. The van der Waals surface area contributed by atoms with Gasteiger partial charge in [-0.2, -0.15) is 0 Å². The molecule has 3 nitrogen and oxygen atoms in total. The summed E-state index contributed by atoms with van der Waals surface area (Å²) in [5, 5.41) is 5.74. The lowest BCUT2D eigenvalue weighted by Gasteiger charge is -2.17. The van der Waals surface area contributed by atoms with Crippen LogP contribution in [0.5, 0.6) is 0 Å². The Bertz CT molecular complexity index is 894. The molecule has 0 unspecified atom stereocenters. The number of hydrogen-bond acceptors (Lipinski definition) is 3. The van der Waals surface area contributed by atoms with E-state index < -0.39 is 0 Å². The molecule has 0 aliphatic rings.